The van der Waals surface area contributed by atoms with E-state index in [4.69, 9.17) is 9.84 Å². The number of hydrogen-bond donors (Lipinski definition) is 3. The van der Waals surface area contributed by atoms with Crippen LogP contribution in [0.1, 0.15) is 22.8 Å². The standard InChI is InChI=1S/C20H20N2O5/c1-13(20(25)26)21-19(24)17(12-14-6-4-3-5-7-14)22-18(23)15-8-10-16(27-2)11-9-15/h3-13H,1-2H3,(H,21,24)(H,22,23)(H,25,26)/b17-12+/t13-/m0/s1. The Hall–Kier alpha value is -3.61. The highest BCUT2D eigenvalue weighted by atomic mass is 16.5. The molecule has 0 heterocycles. The smallest absolute Gasteiger partial charge is 0.325 e. The fourth-order valence-electron chi connectivity index (χ4n) is 2.15. The fourth-order valence-corrected chi connectivity index (χ4v) is 2.15. The number of hydrogen-bond acceptors (Lipinski definition) is 4. The van der Waals surface area contributed by atoms with E-state index in [-0.39, 0.29) is 5.70 Å². The highest BCUT2D eigenvalue weighted by Gasteiger charge is 2.19. The van der Waals surface area contributed by atoms with Crippen molar-refractivity contribution in [3.05, 3.63) is 71.4 Å². The van der Waals surface area contributed by atoms with E-state index >= 15 is 0 Å². The first kappa shape index (κ1) is 19.7. The molecule has 0 aliphatic rings. The van der Waals surface area contributed by atoms with Crippen molar-refractivity contribution in [2.45, 2.75) is 13.0 Å². The van der Waals surface area contributed by atoms with E-state index in [1.807, 2.05) is 6.07 Å². The van der Waals surface area contributed by atoms with E-state index in [0.717, 1.165) is 0 Å². The van der Waals surface area contributed by atoms with Crippen LogP contribution in [0.3, 0.4) is 0 Å². The predicted octanol–water partition coefficient (Wildman–Crippen LogP) is 2.06. The number of rotatable bonds is 7. The fraction of sp³-hybridized carbons (Fsp3) is 0.150. The number of methoxy groups -OCH3 is 1. The quantitative estimate of drug-likeness (QED) is 0.649. The van der Waals surface area contributed by atoms with E-state index in [1.165, 1.54) is 20.1 Å². The summed E-state index contributed by atoms with van der Waals surface area (Å²) >= 11 is 0. The van der Waals surface area contributed by atoms with Gasteiger partial charge in [-0.15, -0.1) is 0 Å². The Morgan fingerprint density at radius 1 is 1.04 bits per heavy atom. The first-order valence-electron chi connectivity index (χ1n) is 8.16. The second-order valence-electron chi connectivity index (χ2n) is 5.68. The number of ether oxygens (including phenoxy) is 1. The van der Waals surface area contributed by atoms with Gasteiger partial charge in [0.15, 0.2) is 0 Å². The molecule has 2 amide bonds. The molecule has 140 valence electrons. The Kier molecular flexibility index (Phi) is 6.71. The lowest BCUT2D eigenvalue weighted by molar-refractivity contribution is -0.140. The topological polar surface area (TPSA) is 105 Å². The zero-order valence-electron chi connectivity index (χ0n) is 14.9. The average molecular weight is 368 g/mol. The van der Waals surface area contributed by atoms with Gasteiger partial charge < -0.3 is 20.5 Å². The molecule has 3 N–H and O–H groups in total. The maximum absolute atomic E-state index is 12.5. The monoisotopic (exact) mass is 368 g/mol. The van der Waals surface area contributed by atoms with Crippen LogP contribution in [0.4, 0.5) is 0 Å². The molecule has 2 aromatic carbocycles. The molecule has 2 rings (SSSR count). The number of carboxylic acids is 1. The summed E-state index contributed by atoms with van der Waals surface area (Å²) < 4.78 is 5.05. The molecule has 0 saturated heterocycles. The first-order valence-corrected chi connectivity index (χ1v) is 8.16. The van der Waals surface area contributed by atoms with Crippen LogP contribution in [0, 0.1) is 0 Å². The van der Waals surface area contributed by atoms with Gasteiger partial charge >= 0.3 is 5.97 Å². The maximum Gasteiger partial charge on any atom is 0.325 e. The number of aliphatic carboxylic acids is 1. The van der Waals surface area contributed by atoms with E-state index in [0.29, 0.717) is 16.9 Å². The Bertz CT molecular complexity index is 844. The molecule has 0 aliphatic carbocycles. The highest BCUT2D eigenvalue weighted by molar-refractivity contribution is 6.06. The van der Waals surface area contributed by atoms with Crippen molar-refractivity contribution in [1.82, 2.24) is 10.6 Å². The molecule has 7 heteroatoms. The lowest BCUT2D eigenvalue weighted by atomic mass is 10.1. The van der Waals surface area contributed by atoms with Crippen molar-refractivity contribution >= 4 is 23.9 Å². The molecule has 0 radical (unpaired) electrons. The van der Waals surface area contributed by atoms with Gasteiger partial charge in [0.05, 0.1) is 7.11 Å². The van der Waals surface area contributed by atoms with Crippen molar-refractivity contribution in [3.63, 3.8) is 0 Å². The predicted molar refractivity (Wildman–Crippen MR) is 100 cm³/mol. The second-order valence-corrected chi connectivity index (χ2v) is 5.68. The third-order valence-corrected chi connectivity index (χ3v) is 3.67. The van der Waals surface area contributed by atoms with Crippen LogP contribution in [-0.2, 0) is 9.59 Å². The maximum atomic E-state index is 12.5. The van der Waals surface area contributed by atoms with Crippen molar-refractivity contribution in [2.75, 3.05) is 7.11 Å². The summed E-state index contributed by atoms with van der Waals surface area (Å²) in [5.74, 6) is -1.78. The lowest BCUT2D eigenvalue weighted by Crippen LogP contribution is -2.42. The number of benzene rings is 2. The minimum Gasteiger partial charge on any atom is -0.497 e. The molecule has 0 spiro atoms. The summed E-state index contributed by atoms with van der Waals surface area (Å²) in [6.45, 7) is 1.34. The van der Waals surface area contributed by atoms with Crippen LogP contribution < -0.4 is 15.4 Å². The van der Waals surface area contributed by atoms with Crippen molar-refractivity contribution < 1.29 is 24.2 Å². The molecule has 0 fully saturated rings. The first-order chi connectivity index (χ1) is 12.9. The largest absolute Gasteiger partial charge is 0.497 e. The normalized spacial score (nSPS) is 12.0. The zero-order valence-corrected chi connectivity index (χ0v) is 14.9. The van der Waals surface area contributed by atoms with Crippen molar-refractivity contribution in [1.29, 1.82) is 0 Å². The average Bonchev–Trinajstić information content (AvgIpc) is 2.68. The summed E-state index contributed by atoms with van der Waals surface area (Å²) in [5, 5.41) is 13.9. The van der Waals surface area contributed by atoms with Gasteiger partial charge in [-0.1, -0.05) is 30.3 Å². The van der Waals surface area contributed by atoms with Crippen LogP contribution in [0.5, 0.6) is 5.75 Å². The molecular weight excluding hydrogens is 348 g/mol. The summed E-state index contributed by atoms with van der Waals surface area (Å²) in [6, 6.07) is 14.2. The van der Waals surface area contributed by atoms with Gasteiger partial charge in [0, 0.05) is 5.56 Å². The summed E-state index contributed by atoms with van der Waals surface area (Å²) in [5.41, 5.74) is 0.949. The number of carbonyl (C=O) groups is 3. The van der Waals surface area contributed by atoms with Gasteiger partial charge in [-0.3, -0.25) is 14.4 Å². The van der Waals surface area contributed by atoms with Gasteiger partial charge in [-0.2, -0.15) is 0 Å². The Morgan fingerprint density at radius 3 is 2.22 bits per heavy atom. The molecule has 1 atom stereocenters. The molecule has 0 unspecified atom stereocenters. The van der Waals surface area contributed by atoms with Crippen molar-refractivity contribution in [3.8, 4) is 5.75 Å². The third-order valence-electron chi connectivity index (χ3n) is 3.67. The minimum absolute atomic E-state index is 0.0601. The number of nitrogens with one attached hydrogen (secondary N) is 2. The van der Waals surface area contributed by atoms with Crippen LogP contribution in [0.2, 0.25) is 0 Å². The molecule has 2 aromatic rings. The Labute approximate surface area is 156 Å². The second kappa shape index (κ2) is 9.19. The molecule has 0 saturated carbocycles. The lowest BCUT2D eigenvalue weighted by Gasteiger charge is -2.13. The molecule has 0 aliphatic heterocycles. The molecule has 0 aromatic heterocycles. The summed E-state index contributed by atoms with van der Waals surface area (Å²) in [7, 11) is 1.52. The third kappa shape index (κ3) is 5.71. The van der Waals surface area contributed by atoms with E-state index in [1.54, 1.807) is 48.5 Å². The minimum atomic E-state index is -1.18. The zero-order chi connectivity index (χ0) is 19.8. The van der Waals surface area contributed by atoms with E-state index in [2.05, 4.69) is 10.6 Å². The van der Waals surface area contributed by atoms with Crippen LogP contribution in [-0.4, -0.2) is 36.0 Å². The Morgan fingerprint density at radius 2 is 1.67 bits per heavy atom. The van der Waals surface area contributed by atoms with Crippen LogP contribution in [0.15, 0.2) is 60.3 Å². The van der Waals surface area contributed by atoms with Gasteiger partial charge in [-0.25, -0.2) is 0 Å². The summed E-state index contributed by atoms with van der Waals surface area (Å²) in [6.07, 6.45) is 1.48. The van der Waals surface area contributed by atoms with E-state index < -0.39 is 23.8 Å². The van der Waals surface area contributed by atoms with Gasteiger partial charge in [0.1, 0.15) is 17.5 Å². The van der Waals surface area contributed by atoms with Crippen LogP contribution in [0.25, 0.3) is 6.08 Å². The molecule has 7 nitrogen and oxygen atoms in total. The van der Waals surface area contributed by atoms with Gasteiger partial charge in [0.2, 0.25) is 0 Å². The van der Waals surface area contributed by atoms with Crippen molar-refractivity contribution in [2.24, 2.45) is 0 Å². The van der Waals surface area contributed by atoms with Crippen LogP contribution >= 0.6 is 0 Å². The number of carbonyl (C=O) groups excluding carboxylic acids is 2. The molecule has 0 bridgehead atoms. The van der Waals surface area contributed by atoms with Gasteiger partial charge in [0.25, 0.3) is 11.8 Å². The molecular formula is C20H20N2O5. The number of carboxylic acid groups (broad SMARTS) is 1. The van der Waals surface area contributed by atoms with E-state index in [9.17, 15) is 14.4 Å². The Balaban J connectivity index is 2.25. The van der Waals surface area contributed by atoms with Gasteiger partial charge in [-0.05, 0) is 42.8 Å². The SMILES string of the molecule is COc1ccc(C(=O)N/C(=C/c2ccccc2)C(=O)N[C@@H](C)C(=O)O)cc1. The number of amides is 2. The highest BCUT2D eigenvalue weighted by Crippen LogP contribution is 2.12. The molecule has 27 heavy (non-hydrogen) atoms. The summed E-state index contributed by atoms with van der Waals surface area (Å²) in [4.78, 5) is 35.9.